The fraction of sp³-hybridized carbons (Fsp3) is 0.529. The molecule has 1 N–H and O–H groups in total. The molecule has 0 saturated carbocycles. The average molecular weight is 288 g/mol. The summed E-state index contributed by atoms with van der Waals surface area (Å²) in [6, 6.07) is 5.33. The molecule has 2 rings (SSSR count). The highest BCUT2D eigenvalue weighted by atomic mass is 16.4. The van der Waals surface area contributed by atoms with Crippen molar-refractivity contribution in [2.24, 2.45) is 5.41 Å². The van der Waals surface area contributed by atoms with E-state index in [0.717, 1.165) is 12.1 Å². The van der Waals surface area contributed by atoms with Gasteiger partial charge in [0.1, 0.15) is 5.52 Å². The summed E-state index contributed by atoms with van der Waals surface area (Å²) in [4.78, 5) is 15.5. The van der Waals surface area contributed by atoms with Gasteiger partial charge in [0.05, 0.1) is 17.4 Å². The van der Waals surface area contributed by atoms with Crippen molar-refractivity contribution < 1.29 is 9.90 Å². The topological polar surface area (TPSA) is 55.1 Å². The predicted octanol–water partition coefficient (Wildman–Crippen LogP) is 4.34. The van der Waals surface area contributed by atoms with Gasteiger partial charge in [-0.1, -0.05) is 46.1 Å². The lowest BCUT2D eigenvalue weighted by molar-refractivity contribution is 0.0699. The normalized spacial score (nSPS) is 12.0. The Morgan fingerprint density at radius 3 is 2.76 bits per heavy atom. The molecule has 1 heterocycles. The van der Waals surface area contributed by atoms with E-state index in [0.29, 0.717) is 5.52 Å². The van der Waals surface area contributed by atoms with E-state index in [2.05, 4.69) is 30.3 Å². The first-order chi connectivity index (χ1) is 9.94. The van der Waals surface area contributed by atoms with E-state index in [-0.39, 0.29) is 11.0 Å². The second kappa shape index (κ2) is 6.29. The van der Waals surface area contributed by atoms with Crippen molar-refractivity contribution >= 4 is 17.0 Å². The summed E-state index contributed by atoms with van der Waals surface area (Å²) in [5.41, 5.74) is 1.94. The number of para-hydroxylation sites is 1. The minimum atomic E-state index is -0.923. The Balaban J connectivity index is 2.23. The SMILES string of the molecule is CCCCCC(C)(C)Cn1cnc2c(C(=O)O)cccc21. The van der Waals surface area contributed by atoms with Gasteiger partial charge in [-0.3, -0.25) is 0 Å². The number of aromatic nitrogens is 2. The summed E-state index contributed by atoms with van der Waals surface area (Å²) in [6.45, 7) is 7.59. The van der Waals surface area contributed by atoms with Crippen molar-refractivity contribution in [1.29, 1.82) is 0 Å². The van der Waals surface area contributed by atoms with Crippen molar-refractivity contribution in [2.75, 3.05) is 0 Å². The Labute approximate surface area is 125 Å². The average Bonchev–Trinajstić information content (AvgIpc) is 2.81. The van der Waals surface area contributed by atoms with Crippen LogP contribution in [0.2, 0.25) is 0 Å². The predicted molar refractivity (Wildman–Crippen MR) is 84.6 cm³/mol. The molecule has 4 nitrogen and oxygen atoms in total. The second-order valence-corrected chi connectivity index (χ2v) is 6.47. The molecule has 0 radical (unpaired) electrons. The van der Waals surface area contributed by atoms with Gasteiger partial charge in [-0.05, 0) is 24.0 Å². The maximum Gasteiger partial charge on any atom is 0.337 e. The number of unbranched alkanes of at least 4 members (excludes halogenated alkanes) is 2. The number of carboxylic acids is 1. The van der Waals surface area contributed by atoms with Crippen molar-refractivity contribution in [3.05, 3.63) is 30.1 Å². The number of aromatic carboxylic acids is 1. The van der Waals surface area contributed by atoms with Crippen LogP contribution in [0.5, 0.6) is 0 Å². The molecule has 1 aromatic heterocycles. The largest absolute Gasteiger partial charge is 0.478 e. The van der Waals surface area contributed by atoms with E-state index < -0.39 is 5.97 Å². The molecule has 0 fully saturated rings. The summed E-state index contributed by atoms with van der Waals surface area (Å²) < 4.78 is 2.08. The van der Waals surface area contributed by atoms with E-state index in [1.54, 1.807) is 18.5 Å². The van der Waals surface area contributed by atoms with Crippen LogP contribution in [0.3, 0.4) is 0 Å². The smallest absolute Gasteiger partial charge is 0.337 e. The van der Waals surface area contributed by atoms with Crippen LogP contribution in [-0.4, -0.2) is 20.6 Å². The molecule has 0 spiro atoms. The van der Waals surface area contributed by atoms with E-state index in [4.69, 9.17) is 0 Å². The lowest BCUT2D eigenvalue weighted by atomic mass is 9.86. The van der Waals surface area contributed by atoms with Crippen LogP contribution in [0, 0.1) is 5.41 Å². The lowest BCUT2D eigenvalue weighted by Crippen LogP contribution is -2.19. The zero-order valence-corrected chi connectivity index (χ0v) is 13.1. The monoisotopic (exact) mass is 288 g/mol. The third-order valence-electron chi connectivity index (χ3n) is 3.94. The number of benzene rings is 1. The van der Waals surface area contributed by atoms with Crippen LogP contribution in [0.15, 0.2) is 24.5 Å². The zero-order chi connectivity index (χ0) is 15.5. The highest BCUT2D eigenvalue weighted by Gasteiger charge is 2.20. The molecule has 2 aromatic rings. The fourth-order valence-corrected chi connectivity index (χ4v) is 2.78. The molecule has 0 aliphatic heterocycles. The van der Waals surface area contributed by atoms with Gasteiger partial charge >= 0.3 is 5.97 Å². The molecule has 1 aromatic carbocycles. The number of fused-ring (bicyclic) bond motifs is 1. The molecule has 0 unspecified atom stereocenters. The number of nitrogens with zero attached hydrogens (tertiary/aromatic N) is 2. The van der Waals surface area contributed by atoms with Gasteiger partial charge in [-0.15, -0.1) is 0 Å². The van der Waals surface area contributed by atoms with Crippen LogP contribution in [0.1, 0.15) is 56.8 Å². The fourth-order valence-electron chi connectivity index (χ4n) is 2.78. The molecule has 0 atom stereocenters. The number of carbonyl (C=O) groups is 1. The summed E-state index contributed by atoms with van der Waals surface area (Å²) in [5.74, 6) is -0.923. The van der Waals surface area contributed by atoms with Gasteiger partial charge in [0.15, 0.2) is 0 Å². The third-order valence-corrected chi connectivity index (χ3v) is 3.94. The van der Waals surface area contributed by atoms with E-state index in [1.165, 1.54) is 25.7 Å². The first-order valence-corrected chi connectivity index (χ1v) is 7.62. The van der Waals surface area contributed by atoms with E-state index in [9.17, 15) is 9.90 Å². The van der Waals surface area contributed by atoms with Crippen LogP contribution < -0.4 is 0 Å². The van der Waals surface area contributed by atoms with Crippen LogP contribution >= 0.6 is 0 Å². The minimum Gasteiger partial charge on any atom is -0.478 e. The molecule has 0 amide bonds. The molecule has 21 heavy (non-hydrogen) atoms. The molecule has 0 aliphatic carbocycles. The Hall–Kier alpha value is -1.84. The summed E-state index contributed by atoms with van der Waals surface area (Å²) in [6.07, 6.45) is 6.65. The molecule has 0 saturated heterocycles. The van der Waals surface area contributed by atoms with Crippen LogP contribution in [0.25, 0.3) is 11.0 Å². The molecular formula is C17H24N2O2. The standard InChI is InChI=1S/C17H24N2O2/c1-4-5-6-10-17(2,3)11-19-12-18-15-13(16(20)21)8-7-9-14(15)19/h7-9,12H,4-6,10-11H2,1-3H3,(H,20,21). The molecule has 114 valence electrons. The highest BCUT2D eigenvalue weighted by Crippen LogP contribution is 2.28. The van der Waals surface area contributed by atoms with E-state index in [1.807, 2.05) is 6.07 Å². The number of hydrogen-bond donors (Lipinski definition) is 1. The van der Waals surface area contributed by atoms with Gasteiger partial charge in [0.2, 0.25) is 0 Å². The van der Waals surface area contributed by atoms with E-state index >= 15 is 0 Å². The Kier molecular flexibility index (Phi) is 4.66. The van der Waals surface area contributed by atoms with Crippen molar-refractivity contribution in [2.45, 2.75) is 53.0 Å². The number of imidazole rings is 1. The van der Waals surface area contributed by atoms with Gasteiger partial charge in [0.25, 0.3) is 0 Å². The molecule has 0 aliphatic rings. The van der Waals surface area contributed by atoms with Crippen LogP contribution in [0.4, 0.5) is 0 Å². The Morgan fingerprint density at radius 1 is 1.33 bits per heavy atom. The highest BCUT2D eigenvalue weighted by molar-refractivity contribution is 6.00. The van der Waals surface area contributed by atoms with Crippen molar-refractivity contribution in [3.8, 4) is 0 Å². The zero-order valence-electron chi connectivity index (χ0n) is 13.1. The lowest BCUT2D eigenvalue weighted by Gasteiger charge is -2.25. The maximum absolute atomic E-state index is 11.2. The summed E-state index contributed by atoms with van der Waals surface area (Å²) in [7, 11) is 0. The number of carboxylic acid groups (broad SMARTS) is 1. The first kappa shape index (κ1) is 15.5. The molecule has 4 heteroatoms. The Morgan fingerprint density at radius 2 is 2.10 bits per heavy atom. The summed E-state index contributed by atoms with van der Waals surface area (Å²) in [5, 5.41) is 9.22. The third kappa shape index (κ3) is 3.63. The van der Waals surface area contributed by atoms with Crippen LogP contribution in [-0.2, 0) is 6.54 Å². The summed E-state index contributed by atoms with van der Waals surface area (Å²) >= 11 is 0. The minimum absolute atomic E-state index is 0.183. The van der Waals surface area contributed by atoms with Crippen molar-refractivity contribution in [3.63, 3.8) is 0 Å². The van der Waals surface area contributed by atoms with Gasteiger partial charge in [-0.2, -0.15) is 0 Å². The quantitative estimate of drug-likeness (QED) is 0.771. The second-order valence-electron chi connectivity index (χ2n) is 6.47. The molecule has 0 bridgehead atoms. The molecular weight excluding hydrogens is 264 g/mol. The number of rotatable bonds is 7. The van der Waals surface area contributed by atoms with Gasteiger partial charge in [-0.25, -0.2) is 9.78 Å². The van der Waals surface area contributed by atoms with Gasteiger partial charge < -0.3 is 9.67 Å². The first-order valence-electron chi connectivity index (χ1n) is 7.62. The maximum atomic E-state index is 11.2. The van der Waals surface area contributed by atoms with Crippen molar-refractivity contribution in [1.82, 2.24) is 9.55 Å². The number of hydrogen-bond acceptors (Lipinski definition) is 2. The van der Waals surface area contributed by atoms with Gasteiger partial charge in [0, 0.05) is 6.54 Å². The Bertz CT molecular complexity index is 629.